The number of Topliss-reactive ketones (excluding diaryl/α,β-unsaturated/α-hetero) is 1. The quantitative estimate of drug-likeness (QED) is 0.620. The average molecular weight is 262 g/mol. The van der Waals surface area contributed by atoms with Crippen LogP contribution in [-0.2, 0) is 4.79 Å². The zero-order valence-corrected chi connectivity index (χ0v) is 11.3. The van der Waals surface area contributed by atoms with Gasteiger partial charge in [-0.3, -0.25) is 14.9 Å². The third-order valence-corrected chi connectivity index (χ3v) is 3.83. The lowest BCUT2D eigenvalue weighted by Crippen LogP contribution is -2.35. The highest BCUT2D eigenvalue weighted by Crippen LogP contribution is 2.29. The summed E-state index contributed by atoms with van der Waals surface area (Å²) in [6.07, 6.45) is 3.01. The van der Waals surface area contributed by atoms with Gasteiger partial charge in [0.25, 0.3) is 5.69 Å². The standard InChI is InChI=1S/C14H18N2O3/c1-10-9-12(16(18)19)5-8-14(10)15(2)11-3-6-13(17)7-4-11/h5,8-9,11H,3-4,6-7H2,1-2H3. The van der Waals surface area contributed by atoms with Gasteiger partial charge in [-0.25, -0.2) is 0 Å². The highest BCUT2D eigenvalue weighted by Gasteiger charge is 2.23. The molecule has 1 aliphatic carbocycles. The van der Waals surface area contributed by atoms with Crippen LogP contribution < -0.4 is 4.90 Å². The van der Waals surface area contributed by atoms with Crippen molar-refractivity contribution in [2.75, 3.05) is 11.9 Å². The van der Waals surface area contributed by atoms with Crippen molar-refractivity contribution in [1.29, 1.82) is 0 Å². The van der Waals surface area contributed by atoms with Gasteiger partial charge < -0.3 is 4.90 Å². The smallest absolute Gasteiger partial charge is 0.269 e. The zero-order valence-electron chi connectivity index (χ0n) is 11.3. The summed E-state index contributed by atoms with van der Waals surface area (Å²) in [5.74, 6) is 0.338. The van der Waals surface area contributed by atoms with Crippen molar-refractivity contribution < 1.29 is 9.72 Å². The summed E-state index contributed by atoms with van der Waals surface area (Å²) >= 11 is 0. The van der Waals surface area contributed by atoms with Crippen molar-refractivity contribution >= 4 is 17.2 Å². The Labute approximate surface area is 112 Å². The lowest BCUT2D eigenvalue weighted by atomic mass is 9.93. The second-order valence-corrected chi connectivity index (χ2v) is 5.11. The third kappa shape index (κ3) is 2.92. The molecule has 2 rings (SSSR count). The minimum absolute atomic E-state index is 0.119. The van der Waals surface area contributed by atoms with Gasteiger partial charge in [0.05, 0.1) is 4.92 Å². The van der Waals surface area contributed by atoms with Crippen molar-refractivity contribution in [1.82, 2.24) is 0 Å². The molecule has 0 heterocycles. The SMILES string of the molecule is Cc1cc([N+](=O)[O-])ccc1N(C)C1CCC(=O)CC1. The summed E-state index contributed by atoms with van der Waals surface area (Å²) in [4.78, 5) is 23.8. The lowest BCUT2D eigenvalue weighted by molar-refractivity contribution is -0.384. The van der Waals surface area contributed by atoms with Gasteiger partial charge in [-0.15, -0.1) is 0 Å². The van der Waals surface area contributed by atoms with Crippen LogP contribution in [0.2, 0.25) is 0 Å². The predicted octanol–water partition coefficient (Wildman–Crippen LogP) is 2.85. The topological polar surface area (TPSA) is 63.5 Å². The third-order valence-electron chi connectivity index (χ3n) is 3.83. The average Bonchev–Trinajstić information content (AvgIpc) is 2.38. The van der Waals surface area contributed by atoms with Gasteiger partial charge in [0.1, 0.15) is 5.78 Å². The molecular formula is C14H18N2O3. The molecule has 1 aromatic carbocycles. The Hall–Kier alpha value is -1.91. The van der Waals surface area contributed by atoms with Gasteiger partial charge in [-0.2, -0.15) is 0 Å². The molecule has 0 radical (unpaired) electrons. The number of aryl methyl sites for hydroxylation is 1. The Morgan fingerprint density at radius 1 is 1.32 bits per heavy atom. The minimum atomic E-state index is -0.379. The van der Waals surface area contributed by atoms with E-state index in [1.807, 2.05) is 14.0 Å². The van der Waals surface area contributed by atoms with E-state index in [2.05, 4.69) is 4.90 Å². The molecule has 19 heavy (non-hydrogen) atoms. The number of carbonyl (C=O) groups excluding carboxylic acids is 1. The second-order valence-electron chi connectivity index (χ2n) is 5.11. The summed E-state index contributed by atoms with van der Waals surface area (Å²) in [5.41, 5.74) is 2.02. The molecular weight excluding hydrogens is 244 g/mol. The zero-order chi connectivity index (χ0) is 14.0. The van der Waals surface area contributed by atoms with E-state index in [9.17, 15) is 14.9 Å². The van der Waals surface area contributed by atoms with E-state index in [0.29, 0.717) is 24.7 Å². The number of ketones is 1. The van der Waals surface area contributed by atoms with E-state index in [1.54, 1.807) is 12.1 Å². The first kappa shape index (κ1) is 13.5. The van der Waals surface area contributed by atoms with Crippen molar-refractivity contribution in [2.24, 2.45) is 0 Å². The van der Waals surface area contributed by atoms with Crippen LogP contribution in [-0.4, -0.2) is 23.8 Å². The number of anilines is 1. The van der Waals surface area contributed by atoms with Crippen LogP contribution in [0.15, 0.2) is 18.2 Å². The van der Waals surface area contributed by atoms with E-state index in [-0.39, 0.29) is 10.6 Å². The number of rotatable bonds is 3. The molecule has 5 nitrogen and oxygen atoms in total. The van der Waals surface area contributed by atoms with Crippen molar-refractivity contribution in [2.45, 2.75) is 38.6 Å². The molecule has 1 fully saturated rings. The molecule has 102 valence electrons. The largest absolute Gasteiger partial charge is 0.371 e. The molecule has 5 heteroatoms. The molecule has 1 saturated carbocycles. The van der Waals surface area contributed by atoms with Crippen molar-refractivity contribution in [3.63, 3.8) is 0 Å². The number of benzene rings is 1. The van der Waals surface area contributed by atoms with Crippen LogP contribution in [0, 0.1) is 17.0 Å². The van der Waals surface area contributed by atoms with E-state index in [4.69, 9.17) is 0 Å². The molecule has 0 amide bonds. The molecule has 0 atom stereocenters. The number of nitrogens with zero attached hydrogens (tertiary/aromatic N) is 2. The second kappa shape index (κ2) is 5.38. The number of carbonyl (C=O) groups is 1. The molecule has 1 aliphatic rings. The van der Waals surface area contributed by atoms with Gasteiger partial charge in [0.15, 0.2) is 0 Å². The summed E-state index contributed by atoms with van der Waals surface area (Å²) in [5, 5.41) is 10.7. The molecule has 0 bridgehead atoms. The highest BCUT2D eigenvalue weighted by atomic mass is 16.6. The monoisotopic (exact) mass is 262 g/mol. The number of nitro benzene ring substituents is 1. The van der Waals surface area contributed by atoms with Gasteiger partial charge in [-0.1, -0.05) is 0 Å². The van der Waals surface area contributed by atoms with E-state index in [0.717, 1.165) is 24.1 Å². The molecule has 0 aromatic heterocycles. The molecule has 0 unspecified atom stereocenters. The van der Waals surface area contributed by atoms with E-state index < -0.39 is 0 Å². The van der Waals surface area contributed by atoms with Gasteiger partial charge >= 0.3 is 0 Å². The number of non-ortho nitro benzene ring substituents is 1. The van der Waals surface area contributed by atoms with Gasteiger partial charge in [0, 0.05) is 43.8 Å². The predicted molar refractivity (Wildman–Crippen MR) is 73.5 cm³/mol. The van der Waals surface area contributed by atoms with Crippen LogP contribution in [0.1, 0.15) is 31.2 Å². The molecule has 0 aliphatic heterocycles. The maximum atomic E-state index is 11.3. The number of hydrogen-bond donors (Lipinski definition) is 0. The van der Waals surface area contributed by atoms with Gasteiger partial charge in [-0.05, 0) is 31.4 Å². The fourth-order valence-electron chi connectivity index (χ4n) is 2.66. The van der Waals surface area contributed by atoms with Crippen LogP contribution in [0.25, 0.3) is 0 Å². The Kier molecular flexibility index (Phi) is 3.83. The van der Waals surface area contributed by atoms with Crippen LogP contribution in [0.4, 0.5) is 11.4 Å². The summed E-state index contributed by atoms with van der Waals surface area (Å²) < 4.78 is 0. The fourth-order valence-corrected chi connectivity index (χ4v) is 2.66. The Morgan fingerprint density at radius 2 is 1.95 bits per heavy atom. The highest BCUT2D eigenvalue weighted by molar-refractivity contribution is 5.79. The summed E-state index contributed by atoms with van der Waals surface area (Å²) in [6.45, 7) is 1.88. The first-order chi connectivity index (χ1) is 8.99. The maximum Gasteiger partial charge on any atom is 0.269 e. The first-order valence-electron chi connectivity index (χ1n) is 6.48. The Bertz CT molecular complexity index is 503. The van der Waals surface area contributed by atoms with Gasteiger partial charge in [0.2, 0.25) is 0 Å². The van der Waals surface area contributed by atoms with E-state index >= 15 is 0 Å². The first-order valence-corrected chi connectivity index (χ1v) is 6.48. The normalized spacial score (nSPS) is 16.4. The maximum absolute atomic E-state index is 11.3. The lowest BCUT2D eigenvalue weighted by Gasteiger charge is -2.33. The fraction of sp³-hybridized carbons (Fsp3) is 0.500. The number of nitro groups is 1. The summed E-state index contributed by atoms with van der Waals surface area (Å²) in [6, 6.07) is 5.27. The molecule has 1 aromatic rings. The van der Waals surface area contributed by atoms with Crippen LogP contribution in [0.5, 0.6) is 0 Å². The molecule has 0 N–H and O–H groups in total. The minimum Gasteiger partial charge on any atom is -0.371 e. The Morgan fingerprint density at radius 3 is 2.47 bits per heavy atom. The summed E-state index contributed by atoms with van der Waals surface area (Å²) in [7, 11) is 1.99. The van der Waals surface area contributed by atoms with E-state index in [1.165, 1.54) is 6.07 Å². The number of hydrogen-bond acceptors (Lipinski definition) is 4. The van der Waals surface area contributed by atoms with Crippen molar-refractivity contribution in [3.8, 4) is 0 Å². The van der Waals surface area contributed by atoms with Crippen LogP contribution in [0.3, 0.4) is 0 Å². The molecule has 0 saturated heterocycles. The van der Waals surface area contributed by atoms with Crippen LogP contribution >= 0.6 is 0 Å². The Balaban J connectivity index is 2.17. The molecule has 0 spiro atoms. The van der Waals surface area contributed by atoms with Crippen molar-refractivity contribution in [3.05, 3.63) is 33.9 Å².